The molecule has 2 saturated heterocycles. The minimum Gasteiger partial charge on any atom is -0.451 e. The number of carbonyl (C=O) groups excluding carboxylic acids is 5. The predicted octanol–water partition coefficient (Wildman–Crippen LogP) is 0.413. The fraction of sp³-hybridized carbons (Fsp3) is 0.450. The highest BCUT2D eigenvalue weighted by atomic mass is 16.5. The first-order valence-corrected chi connectivity index (χ1v) is 9.68. The molecule has 0 aliphatic carbocycles. The molecule has 2 heterocycles. The summed E-state index contributed by atoms with van der Waals surface area (Å²) in [5.74, 6) is -2.10. The van der Waals surface area contributed by atoms with Crippen molar-refractivity contribution in [3.63, 3.8) is 0 Å². The number of ether oxygens (including phenoxy) is 1. The molecule has 10 nitrogen and oxygen atoms in total. The largest absolute Gasteiger partial charge is 0.451 e. The summed E-state index contributed by atoms with van der Waals surface area (Å²) in [5, 5.41) is 5.12. The highest BCUT2D eigenvalue weighted by Gasteiger charge is 2.48. The summed E-state index contributed by atoms with van der Waals surface area (Å²) in [6, 6.07) is 8.30. The molecular formula is C20H24N4O6. The summed E-state index contributed by atoms with van der Waals surface area (Å²) in [4.78, 5) is 62.8. The number of nitrogens with one attached hydrogen (secondary N) is 2. The average molecular weight is 416 g/mol. The van der Waals surface area contributed by atoms with Gasteiger partial charge in [0.2, 0.25) is 0 Å². The molecule has 2 fully saturated rings. The van der Waals surface area contributed by atoms with E-state index in [1.54, 1.807) is 6.92 Å². The molecule has 0 saturated carbocycles. The molecule has 0 bridgehead atoms. The maximum absolute atomic E-state index is 12.8. The van der Waals surface area contributed by atoms with Crippen LogP contribution in [0.3, 0.4) is 0 Å². The molecule has 0 aromatic heterocycles. The Labute approximate surface area is 173 Å². The van der Waals surface area contributed by atoms with Crippen LogP contribution in [0.5, 0.6) is 0 Å². The van der Waals surface area contributed by atoms with Crippen molar-refractivity contribution in [2.45, 2.75) is 38.3 Å². The van der Waals surface area contributed by atoms with Crippen LogP contribution in [0.2, 0.25) is 0 Å². The van der Waals surface area contributed by atoms with Gasteiger partial charge in [-0.1, -0.05) is 30.3 Å². The maximum atomic E-state index is 12.8. The van der Waals surface area contributed by atoms with Crippen molar-refractivity contribution >= 4 is 29.8 Å². The molecule has 0 unspecified atom stereocenters. The summed E-state index contributed by atoms with van der Waals surface area (Å²) in [7, 11) is 0. The lowest BCUT2D eigenvalue weighted by Crippen LogP contribution is -2.45. The normalized spacial score (nSPS) is 22.0. The summed E-state index contributed by atoms with van der Waals surface area (Å²) >= 11 is 0. The standard InChI is InChI=1S/C20H24N4O6/c1-13(16(26)23-11-10-21-18(23)28)30-15(25)12-24-17(27)20(2,22-19(24)29)9-8-14-6-4-3-5-7-14/h3-7,13H,8-12H2,1-2H3,(H,21,28)(H,22,29)/t13-,20+/m0/s1. The second-order valence-corrected chi connectivity index (χ2v) is 7.49. The first-order valence-electron chi connectivity index (χ1n) is 9.68. The maximum Gasteiger partial charge on any atom is 0.327 e. The van der Waals surface area contributed by atoms with Gasteiger partial charge < -0.3 is 15.4 Å². The zero-order valence-corrected chi connectivity index (χ0v) is 16.8. The van der Waals surface area contributed by atoms with E-state index >= 15 is 0 Å². The van der Waals surface area contributed by atoms with Gasteiger partial charge in [0.15, 0.2) is 6.10 Å². The molecule has 1 aromatic rings. The van der Waals surface area contributed by atoms with Gasteiger partial charge in [-0.2, -0.15) is 0 Å². The molecule has 6 amide bonds. The molecule has 2 aliphatic rings. The summed E-state index contributed by atoms with van der Waals surface area (Å²) in [5.41, 5.74) is -0.112. The third-order valence-electron chi connectivity index (χ3n) is 5.17. The van der Waals surface area contributed by atoms with E-state index < -0.39 is 48.0 Å². The van der Waals surface area contributed by atoms with Crippen LogP contribution in [0.15, 0.2) is 30.3 Å². The molecular weight excluding hydrogens is 392 g/mol. The molecule has 0 radical (unpaired) electrons. The molecule has 1 aromatic carbocycles. The monoisotopic (exact) mass is 416 g/mol. The van der Waals surface area contributed by atoms with E-state index in [1.807, 2.05) is 30.3 Å². The Hall–Kier alpha value is -3.43. The molecule has 160 valence electrons. The molecule has 2 aliphatic heterocycles. The van der Waals surface area contributed by atoms with E-state index in [9.17, 15) is 24.0 Å². The fourth-order valence-corrected chi connectivity index (χ4v) is 3.41. The van der Waals surface area contributed by atoms with Crippen LogP contribution in [0.1, 0.15) is 25.8 Å². The number of carbonyl (C=O) groups is 5. The summed E-state index contributed by atoms with van der Waals surface area (Å²) in [6.07, 6.45) is -0.274. The van der Waals surface area contributed by atoms with Gasteiger partial charge in [0.1, 0.15) is 12.1 Å². The van der Waals surface area contributed by atoms with Crippen LogP contribution in [0.25, 0.3) is 0 Å². The smallest absolute Gasteiger partial charge is 0.327 e. The van der Waals surface area contributed by atoms with Crippen LogP contribution < -0.4 is 10.6 Å². The first kappa shape index (κ1) is 21.3. The van der Waals surface area contributed by atoms with Crippen LogP contribution in [0, 0.1) is 0 Å². The third kappa shape index (κ3) is 4.42. The number of imide groups is 2. The van der Waals surface area contributed by atoms with Gasteiger partial charge in [0.05, 0.1) is 0 Å². The van der Waals surface area contributed by atoms with E-state index in [2.05, 4.69) is 10.6 Å². The number of amides is 6. The van der Waals surface area contributed by atoms with Gasteiger partial charge in [-0.3, -0.25) is 24.2 Å². The molecule has 30 heavy (non-hydrogen) atoms. The van der Waals surface area contributed by atoms with Crippen molar-refractivity contribution in [3.8, 4) is 0 Å². The summed E-state index contributed by atoms with van der Waals surface area (Å²) in [6.45, 7) is 2.85. The van der Waals surface area contributed by atoms with Crippen LogP contribution in [-0.4, -0.2) is 70.9 Å². The zero-order valence-electron chi connectivity index (χ0n) is 16.8. The van der Waals surface area contributed by atoms with E-state index in [1.165, 1.54) is 6.92 Å². The Kier molecular flexibility index (Phi) is 6.04. The topological polar surface area (TPSA) is 125 Å². The Morgan fingerprint density at radius 3 is 2.50 bits per heavy atom. The number of benzene rings is 1. The second kappa shape index (κ2) is 8.52. The van der Waals surface area contributed by atoms with Crippen molar-refractivity contribution in [3.05, 3.63) is 35.9 Å². The lowest BCUT2D eigenvalue weighted by molar-refractivity contribution is -0.159. The van der Waals surface area contributed by atoms with Gasteiger partial charge in [0, 0.05) is 13.1 Å². The number of aryl methyl sites for hydroxylation is 1. The predicted molar refractivity (Wildman–Crippen MR) is 104 cm³/mol. The number of nitrogens with zero attached hydrogens (tertiary/aromatic N) is 2. The van der Waals surface area contributed by atoms with Gasteiger partial charge in [-0.15, -0.1) is 0 Å². The van der Waals surface area contributed by atoms with E-state index in [-0.39, 0.29) is 6.54 Å². The fourth-order valence-electron chi connectivity index (χ4n) is 3.41. The number of rotatable bonds is 7. The van der Waals surface area contributed by atoms with E-state index in [0.29, 0.717) is 19.4 Å². The quantitative estimate of drug-likeness (QED) is 0.490. The van der Waals surface area contributed by atoms with Crippen molar-refractivity contribution in [1.82, 2.24) is 20.4 Å². The lowest BCUT2D eigenvalue weighted by atomic mass is 9.93. The van der Waals surface area contributed by atoms with E-state index in [0.717, 1.165) is 15.4 Å². The Balaban J connectivity index is 1.56. The number of hydrogen-bond donors (Lipinski definition) is 2. The number of hydrogen-bond acceptors (Lipinski definition) is 6. The SMILES string of the molecule is C[C@H](OC(=O)CN1C(=O)N[C@](C)(CCc2ccccc2)C1=O)C(=O)N1CCNC1=O. The highest BCUT2D eigenvalue weighted by Crippen LogP contribution is 2.23. The zero-order chi connectivity index (χ0) is 21.9. The first-order chi connectivity index (χ1) is 14.2. The van der Waals surface area contributed by atoms with Crippen LogP contribution in [-0.2, 0) is 25.5 Å². The molecule has 2 atom stereocenters. The van der Waals surface area contributed by atoms with Crippen molar-refractivity contribution in [2.24, 2.45) is 0 Å². The van der Waals surface area contributed by atoms with Crippen LogP contribution in [0.4, 0.5) is 9.59 Å². The average Bonchev–Trinajstić information content (AvgIpc) is 3.23. The second-order valence-electron chi connectivity index (χ2n) is 7.49. The Morgan fingerprint density at radius 1 is 1.17 bits per heavy atom. The van der Waals surface area contributed by atoms with Gasteiger partial charge in [-0.05, 0) is 32.3 Å². The van der Waals surface area contributed by atoms with E-state index in [4.69, 9.17) is 4.74 Å². The summed E-state index contributed by atoms with van der Waals surface area (Å²) < 4.78 is 5.04. The highest BCUT2D eigenvalue weighted by molar-refractivity contribution is 6.08. The Bertz CT molecular complexity index is 873. The molecule has 0 spiro atoms. The molecule has 3 rings (SSSR count). The minimum atomic E-state index is -1.22. The Morgan fingerprint density at radius 2 is 1.87 bits per heavy atom. The van der Waals surface area contributed by atoms with Gasteiger partial charge >= 0.3 is 18.0 Å². The van der Waals surface area contributed by atoms with Crippen molar-refractivity contribution in [2.75, 3.05) is 19.6 Å². The molecule has 10 heteroatoms. The van der Waals surface area contributed by atoms with Crippen molar-refractivity contribution in [1.29, 1.82) is 0 Å². The number of esters is 1. The van der Waals surface area contributed by atoms with Gasteiger partial charge in [-0.25, -0.2) is 9.59 Å². The van der Waals surface area contributed by atoms with Crippen molar-refractivity contribution < 1.29 is 28.7 Å². The van der Waals surface area contributed by atoms with Crippen LogP contribution >= 0.6 is 0 Å². The van der Waals surface area contributed by atoms with Gasteiger partial charge in [0.25, 0.3) is 11.8 Å². The third-order valence-corrected chi connectivity index (χ3v) is 5.17. The molecule has 2 N–H and O–H groups in total. The minimum absolute atomic E-state index is 0.187. The number of urea groups is 2. The lowest BCUT2D eigenvalue weighted by Gasteiger charge is -2.22.